The number of carbonyl (C=O) groups excluding carboxylic acids is 1. The van der Waals surface area contributed by atoms with Crippen LogP contribution in [0.4, 0.5) is 0 Å². The lowest BCUT2D eigenvalue weighted by atomic mass is 10.2. The van der Waals surface area contributed by atoms with Crippen molar-refractivity contribution >= 4 is 17.1 Å². The molecular weight excluding hydrogens is 304 g/mol. The average Bonchev–Trinajstić information content (AvgIpc) is 2.92. The Bertz CT molecular complexity index is 868. The molecular formula is C15H16N2O6. The molecule has 1 aliphatic rings. The van der Waals surface area contributed by atoms with Gasteiger partial charge in [-0.05, 0) is 19.8 Å². The van der Waals surface area contributed by atoms with Gasteiger partial charge in [0.25, 0.3) is 0 Å². The third-order valence-electron chi connectivity index (χ3n) is 3.64. The molecule has 1 aliphatic heterocycles. The molecule has 0 unspecified atom stereocenters. The molecule has 0 saturated carbocycles. The quantitative estimate of drug-likeness (QED) is 0.774. The highest BCUT2D eigenvalue weighted by Crippen LogP contribution is 2.27. The van der Waals surface area contributed by atoms with Crippen LogP contribution in [0.1, 0.15) is 31.8 Å². The Morgan fingerprint density at radius 1 is 1.43 bits per heavy atom. The van der Waals surface area contributed by atoms with Gasteiger partial charge in [-0.2, -0.15) is 4.98 Å². The maximum atomic E-state index is 12.1. The molecule has 0 spiro atoms. The Kier molecular flexibility index (Phi) is 3.99. The van der Waals surface area contributed by atoms with Crippen molar-refractivity contribution in [2.24, 2.45) is 0 Å². The average molecular weight is 320 g/mol. The molecule has 1 saturated heterocycles. The number of hydrogen-bond donors (Lipinski definition) is 0. The van der Waals surface area contributed by atoms with E-state index in [0.29, 0.717) is 18.6 Å². The zero-order valence-corrected chi connectivity index (χ0v) is 12.8. The van der Waals surface area contributed by atoms with Crippen LogP contribution in [0.5, 0.6) is 0 Å². The number of hydrogen-bond acceptors (Lipinski definition) is 7. The molecule has 23 heavy (non-hydrogen) atoms. The van der Waals surface area contributed by atoms with Crippen molar-refractivity contribution in [3.8, 4) is 0 Å². The predicted molar refractivity (Wildman–Crippen MR) is 79.1 cm³/mol. The maximum Gasteiger partial charge on any atom is 0.353 e. The normalized spacial score (nSPS) is 20.8. The summed E-state index contributed by atoms with van der Waals surface area (Å²) in [4.78, 5) is 38.8. The van der Waals surface area contributed by atoms with Crippen molar-refractivity contribution in [1.82, 2.24) is 9.55 Å². The highest BCUT2D eigenvalue weighted by atomic mass is 16.6. The number of ether oxygens (including phenoxy) is 2. The number of rotatable bonds is 3. The Balaban J connectivity index is 1.89. The van der Waals surface area contributed by atoms with Crippen LogP contribution >= 0.6 is 0 Å². The monoisotopic (exact) mass is 320 g/mol. The molecule has 3 heterocycles. The van der Waals surface area contributed by atoms with E-state index >= 15 is 0 Å². The van der Waals surface area contributed by atoms with Crippen LogP contribution in [0.25, 0.3) is 11.1 Å². The number of aromatic nitrogens is 2. The topological polar surface area (TPSA) is 101 Å². The fourth-order valence-electron chi connectivity index (χ4n) is 2.58. The Labute approximate surface area is 130 Å². The van der Waals surface area contributed by atoms with Crippen LogP contribution in [-0.2, 0) is 14.3 Å². The lowest BCUT2D eigenvalue weighted by Gasteiger charge is -2.15. The molecule has 1 fully saturated rings. The van der Waals surface area contributed by atoms with Gasteiger partial charge in [-0.1, -0.05) is 0 Å². The number of aryl methyl sites for hydroxylation is 1. The first-order valence-corrected chi connectivity index (χ1v) is 7.26. The maximum absolute atomic E-state index is 12.1. The van der Waals surface area contributed by atoms with E-state index in [1.165, 1.54) is 23.8 Å². The molecule has 122 valence electrons. The van der Waals surface area contributed by atoms with Crippen LogP contribution in [0.2, 0.25) is 0 Å². The minimum absolute atomic E-state index is 0.0192. The highest BCUT2D eigenvalue weighted by Gasteiger charge is 2.28. The van der Waals surface area contributed by atoms with Gasteiger partial charge in [0.05, 0.1) is 6.10 Å². The number of fused-ring (bicyclic) bond motifs is 1. The molecule has 0 N–H and O–H groups in total. The van der Waals surface area contributed by atoms with Crippen molar-refractivity contribution in [3.63, 3.8) is 0 Å². The third-order valence-corrected chi connectivity index (χ3v) is 3.64. The fraction of sp³-hybridized carbons (Fsp3) is 0.467. The third kappa shape index (κ3) is 3.16. The number of esters is 1. The molecule has 0 radical (unpaired) electrons. The van der Waals surface area contributed by atoms with Crippen LogP contribution in [-0.4, -0.2) is 28.2 Å². The fourth-order valence-corrected chi connectivity index (χ4v) is 2.58. The first-order chi connectivity index (χ1) is 10.9. The smallest absolute Gasteiger partial charge is 0.353 e. The van der Waals surface area contributed by atoms with Gasteiger partial charge >= 0.3 is 11.7 Å². The van der Waals surface area contributed by atoms with Crippen molar-refractivity contribution in [2.45, 2.75) is 39.0 Å². The number of carbonyl (C=O) groups is 1. The van der Waals surface area contributed by atoms with Crippen LogP contribution in [0, 0.1) is 6.92 Å². The zero-order chi connectivity index (χ0) is 16.6. The van der Waals surface area contributed by atoms with E-state index in [1.807, 2.05) is 0 Å². The van der Waals surface area contributed by atoms with Crippen LogP contribution in [0.15, 0.2) is 26.3 Å². The molecule has 0 bridgehead atoms. The van der Waals surface area contributed by atoms with E-state index in [1.54, 1.807) is 6.92 Å². The molecule has 0 amide bonds. The van der Waals surface area contributed by atoms with E-state index in [9.17, 15) is 14.4 Å². The van der Waals surface area contributed by atoms with Crippen molar-refractivity contribution in [3.05, 3.63) is 38.7 Å². The van der Waals surface area contributed by atoms with Crippen LogP contribution in [0.3, 0.4) is 0 Å². The summed E-state index contributed by atoms with van der Waals surface area (Å²) in [5.74, 6) is 0.0141. The standard InChI is InChI=1S/C15H16N2O6/c1-8-5-12(19)11-6-17(15(20)16-14(11)22-8)13-4-3-10(23-13)7-21-9(2)18/h5-6,10,13H,3-4,7H2,1-2H3/t10-,13+/m0/s1. The van der Waals surface area contributed by atoms with Gasteiger partial charge < -0.3 is 13.9 Å². The predicted octanol–water partition coefficient (Wildman–Crippen LogP) is 0.899. The second-order valence-electron chi connectivity index (χ2n) is 5.46. The molecule has 2 aromatic rings. The van der Waals surface area contributed by atoms with E-state index in [0.717, 1.165) is 0 Å². The molecule has 8 heteroatoms. The SMILES string of the molecule is CC(=O)OC[C@@H]1CC[C@H](n2cc3c(=O)cc(C)oc3nc2=O)O1. The van der Waals surface area contributed by atoms with Gasteiger partial charge in [-0.3, -0.25) is 14.2 Å². The van der Waals surface area contributed by atoms with Crippen molar-refractivity contribution in [2.75, 3.05) is 6.61 Å². The van der Waals surface area contributed by atoms with Crippen molar-refractivity contribution in [1.29, 1.82) is 0 Å². The molecule has 0 aliphatic carbocycles. The summed E-state index contributed by atoms with van der Waals surface area (Å²) in [7, 11) is 0. The second-order valence-corrected chi connectivity index (χ2v) is 5.46. The van der Waals surface area contributed by atoms with Gasteiger partial charge in [0, 0.05) is 19.2 Å². The van der Waals surface area contributed by atoms with Gasteiger partial charge in [-0.15, -0.1) is 0 Å². The lowest BCUT2D eigenvalue weighted by Crippen LogP contribution is -2.28. The van der Waals surface area contributed by atoms with Crippen LogP contribution < -0.4 is 11.1 Å². The summed E-state index contributed by atoms with van der Waals surface area (Å²) in [6, 6.07) is 1.35. The van der Waals surface area contributed by atoms with Gasteiger partial charge in [0.1, 0.15) is 24.0 Å². The Morgan fingerprint density at radius 2 is 2.22 bits per heavy atom. The van der Waals surface area contributed by atoms with Crippen molar-refractivity contribution < 1.29 is 18.7 Å². The summed E-state index contributed by atoms with van der Waals surface area (Å²) < 4.78 is 17.2. The van der Waals surface area contributed by atoms with Gasteiger partial charge in [0.2, 0.25) is 5.71 Å². The summed E-state index contributed by atoms with van der Waals surface area (Å²) in [6.45, 7) is 3.09. The molecule has 2 atom stereocenters. The Hall–Kier alpha value is -2.48. The molecule has 8 nitrogen and oxygen atoms in total. The van der Waals surface area contributed by atoms with E-state index in [-0.39, 0.29) is 35.2 Å². The summed E-state index contributed by atoms with van der Waals surface area (Å²) in [5.41, 5.74) is -0.797. The first kappa shape index (κ1) is 15.4. The molecule has 0 aromatic carbocycles. The number of nitrogens with zero attached hydrogens (tertiary/aromatic N) is 2. The van der Waals surface area contributed by atoms with Gasteiger partial charge in [-0.25, -0.2) is 4.79 Å². The largest absolute Gasteiger partial charge is 0.463 e. The summed E-state index contributed by atoms with van der Waals surface area (Å²) in [5, 5.41) is 0.224. The minimum Gasteiger partial charge on any atom is -0.463 e. The summed E-state index contributed by atoms with van der Waals surface area (Å²) >= 11 is 0. The van der Waals surface area contributed by atoms with E-state index in [2.05, 4.69) is 4.98 Å². The highest BCUT2D eigenvalue weighted by molar-refractivity contribution is 5.70. The summed E-state index contributed by atoms with van der Waals surface area (Å²) in [6.07, 6.45) is 1.80. The van der Waals surface area contributed by atoms with E-state index in [4.69, 9.17) is 13.9 Å². The molecule has 3 rings (SSSR count). The van der Waals surface area contributed by atoms with E-state index < -0.39 is 11.9 Å². The first-order valence-electron chi connectivity index (χ1n) is 7.26. The van der Waals surface area contributed by atoms with Gasteiger partial charge in [0.15, 0.2) is 5.43 Å². The zero-order valence-electron chi connectivity index (χ0n) is 12.8. The minimum atomic E-state index is -0.551. The second kappa shape index (κ2) is 5.96. The molecule has 2 aromatic heterocycles. The lowest BCUT2D eigenvalue weighted by molar-refractivity contribution is -0.145. The Morgan fingerprint density at radius 3 is 2.96 bits per heavy atom.